The Morgan fingerprint density at radius 2 is 1.73 bits per heavy atom. The number of carbonyl (C=O) groups is 3. The molecule has 0 spiro atoms. The molecule has 2 aromatic rings. The second kappa shape index (κ2) is 10.8. The fourth-order valence-electron chi connectivity index (χ4n) is 2.86. The molecule has 3 rings (SSSR count). The van der Waals surface area contributed by atoms with Crippen molar-refractivity contribution in [1.29, 1.82) is 0 Å². The summed E-state index contributed by atoms with van der Waals surface area (Å²) < 4.78 is 16.2. The van der Waals surface area contributed by atoms with Gasteiger partial charge in [0.25, 0.3) is 17.7 Å². The normalized spacial score (nSPS) is 14.3. The van der Waals surface area contributed by atoms with Crippen molar-refractivity contribution in [2.45, 2.75) is 0 Å². The van der Waals surface area contributed by atoms with E-state index >= 15 is 0 Å². The lowest BCUT2D eigenvalue weighted by molar-refractivity contribution is -0.129. The van der Waals surface area contributed by atoms with E-state index in [4.69, 9.17) is 26.4 Å². The fourth-order valence-corrected chi connectivity index (χ4v) is 4.11. The summed E-state index contributed by atoms with van der Waals surface area (Å²) in [5.74, 6) is -0.267. The standard InChI is InChI=1S/C21H20N4O6S2/c1-29-14-8-12(9-15(30-2)18(14)31-3)10-16-20(28)25(21(32)33-16)11-17(26)23-24-19(27)13-4-6-22-7-5-13/h4-10H,11H2,1-3H3,(H,23,26)(H,24,27)/b16-10-. The summed E-state index contributed by atoms with van der Waals surface area (Å²) in [7, 11) is 4.48. The molecule has 33 heavy (non-hydrogen) atoms. The van der Waals surface area contributed by atoms with E-state index in [9.17, 15) is 14.4 Å². The molecule has 2 N–H and O–H groups in total. The highest BCUT2D eigenvalue weighted by atomic mass is 32.2. The van der Waals surface area contributed by atoms with Crippen LogP contribution < -0.4 is 25.1 Å². The second-order valence-electron chi connectivity index (χ2n) is 6.46. The van der Waals surface area contributed by atoms with Crippen LogP contribution in [0.25, 0.3) is 6.08 Å². The summed E-state index contributed by atoms with van der Waals surface area (Å²) in [6, 6.07) is 6.37. The zero-order valence-electron chi connectivity index (χ0n) is 17.9. The average molecular weight is 489 g/mol. The Bertz CT molecular complexity index is 1100. The van der Waals surface area contributed by atoms with Crippen LogP contribution in [0, 0.1) is 0 Å². The molecule has 1 aromatic carbocycles. The first-order chi connectivity index (χ1) is 15.9. The Hall–Kier alpha value is -3.64. The minimum absolute atomic E-state index is 0.217. The summed E-state index contributed by atoms with van der Waals surface area (Å²) in [5.41, 5.74) is 5.50. The average Bonchev–Trinajstić information content (AvgIpc) is 3.09. The fraction of sp³-hybridized carbons (Fsp3) is 0.190. The molecule has 1 aliphatic heterocycles. The zero-order valence-corrected chi connectivity index (χ0v) is 19.5. The second-order valence-corrected chi connectivity index (χ2v) is 8.14. The van der Waals surface area contributed by atoms with Crippen LogP contribution >= 0.6 is 24.0 Å². The molecule has 0 bridgehead atoms. The molecule has 0 atom stereocenters. The van der Waals surface area contributed by atoms with E-state index in [2.05, 4.69) is 15.8 Å². The molecule has 1 aromatic heterocycles. The van der Waals surface area contributed by atoms with E-state index in [1.807, 2.05) is 0 Å². The van der Waals surface area contributed by atoms with Crippen molar-refractivity contribution in [3.63, 3.8) is 0 Å². The smallest absolute Gasteiger partial charge is 0.269 e. The minimum atomic E-state index is -0.609. The Balaban J connectivity index is 1.68. The highest BCUT2D eigenvalue weighted by molar-refractivity contribution is 8.26. The van der Waals surface area contributed by atoms with Gasteiger partial charge in [-0.2, -0.15) is 0 Å². The van der Waals surface area contributed by atoms with Crippen LogP contribution in [0.2, 0.25) is 0 Å². The number of benzene rings is 1. The Morgan fingerprint density at radius 1 is 1.09 bits per heavy atom. The van der Waals surface area contributed by atoms with Gasteiger partial charge in [-0.1, -0.05) is 24.0 Å². The predicted molar refractivity (Wildman–Crippen MR) is 126 cm³/mol. The molecule has 12 heteroatoms. The molecule has 1 aliphatic rings. The van der Waals surface area contributed by atoms with E-state index in [0.717, 1.165) is 16.7 Å². The van der Waals surface area contributed by atoms with Crippen LogP contribution in [0.4, 0.5) is 0 Å². The quantitative estimate of drug-likeness (QED) is 0.341. The number of hydrazine groups is 1. The van der Waals surface area contributed by atoms with Crippen LogP contribution in [0.15, 0.2) is 41.6 Å². The minimum Gasteiger partial charge on any atom is -0.493 e. The number of methoxy groups -OCH3 is 3. The van der Waals surface area contributed by atoms with Crippen LogP contribution in [0.1, 0.15) is 15.9 Å². The number of aromatic nitrogens is 1. The number of nitrogens with one attached hydrogen (secondary N) is 2. The Kier molecular flexibility index (Phi) is 7.85. The van der Waals surface area contributed by atoms with Gasteiger partial charge in [0.2, 0.25) is 5.75 Å². The summed E-state index contributed by atoms with van der Waals surface area (Å²) in [6.45, 7) is -0.353. The van der Waals surface area contributed by atoms with Crippen LogP contribution in [0.3, 0.4) is 0 Å². The molecule has 3 amide bonds. The molecule has 10 nitrogen and oxygen atoms in total. The van der Waals surface area contributed by atoms with Crippen molar-refractivity contribution in [3.05, 3.63) is 52.7 Å². The number of carbonyl (C=O) groups excluding carboxylic acids is 3. The lowest BCUT2D eigenvalue weighted by Crippen LogP contribution is -2.47. The molecule has 0 saturated carbocycles. The maximum Gasteiger partial charge on any atom is 0.269 e. The summed E-state index contributed by atoms with van der Waals surface area (Å²) >= 11 is 6.32. The summed E-state index contributed by atoms with van der Waals surface area (Å²) in [4.78, 5) is 42.4. The third kappa shape index (κ3) is 5.59. The largest absolute Gasteiger partial charge is 0.493 e. The van der Waals surface area contributed by atoms with E-state index < -0.39 is 17.7 Å². The van der Waals surface area contributed by atoms with E-state index in [-0.39, 0.29) is 10.9 Å². The number of thioether (sulfide) groups is 1. The first-order valence-corrected chi connectivity index (χ1v) is 10.6. The lowest BCUT2D eigenvalue weighted by atomic mass is 10.1. The number of hydrogen-bond donors (Lipinski definition) is 2. The molecular weight excluding hydrogens is 468 g/mol. The molecular formula is C21H20N4O6S2. The lowest BCUT2D eigenvalue weighted by Gasteiger charge is -2.14. The molecule has 2 heterocycles. The van der Waals surface area contributed by atoms with Gasteiger partial charge in [0, 0.05) is 18.0 Å². The number of hydrogen-bond acceptors (Lipinski definition) is 9. The maximum atomic E-state index is 12.8. The first kappa shape index (κ1) is 24.0. The number of amides is 3. The predicted octanol–water partition coefficient (Wildman–Crippen LogP) is 1.77. The summed E-state index contributed by atoms with van der Waals surface area (Å²) in [5, 5.41) is 0. The van der Waals surface area contributed by atoms with Crippen molar-refractivity contribution in [3.8, 4) is 17.2 Å². The molecule has 1 saturated heterocycles. The highest BCUT2D eigenvalue weighted by Crippen LogP contribution is 2.40. The van der Waals surface area contributed by atoms with E-state index in [1.54, 1.807) is 18.2 Å². The number of nitrogens with zero attached hydrogens (tertiary/aromatic N) is 2. The summed E-state index contributed by atoms with van der Waals surface area (Å²) in [6.07, 6.45) is 4.53. The van der Waals surface area contributed by atoms with Crippen molar-refractivity contribution >= 4 is 52.1 Å². The molecule has 0 radical (unpaired) electrons. The van der Waals surface area contributed by atoms with Crippen molar-refractivity contribution in [2.24, 2.45) is 0 Å². The number of rotatable bonds is 7. The Labute approximate surface area is 199 Å². The third-order valence-electron chi connectivity index (χ3n) is 4.42. The van der Waals surface area contributed by atoms with Crippen molar-refractivity contribution in [1.82, 2.24) is 20.7 Å². The first-order valence-electron chi connectivity index (χ1n) is 9.42. The van der Waals surface area contributed by atoms with E-state index in [0.29, 0.717) is 33.3 Å². The van der Waals surface area contributed by atoms with Gasteiger partial charge in [0.15, 0.2) is 11.5 Å². The van der Waals surface area contributed by atoms with Gasteiger partial charge in [-0.3, -0.25) is 35.1 Å². The maximum absolute atomic E-state index is 12.8. The van der Waals surface area contributed by atoms with Crippen LogP contribution in [-0.4, -0.2) is 59.8 Å². The van der Waals surface area contributed by atoms with Gasteiger partial charge in [0.1, 0.15) is 10.9 Å². The molecule has 1 fully saturated rings. The van der Waals surface area contributed by atoms with Crippen molar-refractivity contribution < 1.29 is 28.6 Å². The number of ether oxygens (including phenoxy) is 3. The van der Waals surface area contributed by atoms with Gasteiger partial charge >= 0.3 is 0 Å². The van der Waals surface area contributed by atoms with Crippen LogP contribution in [-0.2, 0) is 9.59 Å². The van der Waals surface area contributed by atoms with Crippen LogP contribution in [0.5, 0.6) is 17.2 Å². The zero-order chi connectivity index (χ0) is 24.0. The van der Waals surface area contributed by atoms with E-state index in [1.165, 1.54) is 45.9 Å². The number of thiocarbonyl (C=S) groups is 1. The van der Waals surface area contributed by atoms with Gasteiger partial charge in [-0.15, -0.1) is 0 Å². The van der Waals surface area contributed by atoms with Gasteiger partial charge < -0.3 is 14.2 Å². The van der Waals surface area contributed by atoms with Gasteiger partial charge in [-0.25, -0.2) is 0 Å². The topological polar surface area (TPSA) is 119 Å². The molecule has 172 valence electrons. The highest BCUT2D eigenvalue weighted by Gasteiger charge is 2.33. The molecule has 0 aliphatic carbocycles. The molecule has 0 unspecified atom stereocenters. The van der Waals surface area contributed by atoms with Crippen molar-refractivity contribution in [2.75, 3.05) is 27.9 Å². The van der Waals surface area contributed by atoms with Gasteiger partial charge in [0.05, 0.1) is 26.2 Å². The van der Waals surface area contributed by atoms with Gasteiger partial charge in [-0.05, 0) is 35.9 Å². The number of pyridine rings is 1. The SMILES string of the molecule is COc1cc(/C=C2\SC(=S)N(CC(=O)NNC(=O)c3ccncc3)C2=O)cc(OC)c1OC. The third-order valence-corrected chi connectivity index (χ3v) is 5.80. The monoisotopic (exact) mass is 488 g/mol. The Morgan fingerprint density at radius 3 is 2.30 bits per heavy atom.